The first-order chi connectivity index (χ1) is 10.6. The number of nitrogens with zero attached hydrogens (tertiary/aromatic N) is 2. The summed E-state index contributed by atoms with van der Waals surface area (Å²) < 4.78 is 4.91. The van der Waals surface area contributed by atoms with Gasteiger partial charge in [0.2, 0.25) is 5.91 Å². The molecule has 0 saturated heterocycles. The minimum atomic E-state index is -0.354. The summed E-state index contributed by atoms with van der Waals surface area (Å²) in [7, 11) is 0. The molecule has 0 spiro atoms. The number of urea groups is 1. The molecule has 0 aliphatic rings. The Hall–Kier alpha value is -2.05. The summed E-state index contributed by atoms with van der Waals surface area (Å²) in [5.74, 6) is 1.11. The Balaban J connectivity index is 2.67. The van der Waals surface area contributed by atoms with Gasteiger partial charge in [0, 0.05) is 18.2 Å². The zero-order chi connectivity index (χ0) is 17.6. The van der Waals surface area contributed by atoms with E-state index in [4.69, 9.17) is 4.52 Å². The molecule has 0 radical (unpaired) electrons. The smallest absolute Gasteiger partial charge is 0.318 e. The van der Waals surface area contributed by atoms with Crippen LogP contribution in [0, 0.1) is 12.8 Å². The number of nitrogens with one attached hydrogen (secondary N) is 2. The summed E-state index contributed by atoms with van der Waals surface area (Å²) in [6.07, 6.45) is 0.827. The molecular formula is C16H28N4O3. The minimum Gasteiger partial charge on any atom is -0.360 e. The van der Waals surface area contributed by atoms with Gasteiger partial charge in [-0.05, 0) is 40.0 Å². The second-order valence-electron chi connectivity index (χ2n) is 7.16. The maximum Gasteiger partial charge on any atom is 0.318 e. The molecule has 7 nitrogen and oxygen atoms in total. The summed E-state index contributed by atoms with van der Waals surface area (Å²) in [4.78, 5) is 26.0. The molecule has 0 aliphatic carbocycles. The summed E-state index contributed by atoms with van der Waals surface area (Å²) >= 11 is 0. The highest BCUT2D eigenvalue weighted by Crippen LogP contribution is 2.09. The lowest BCUT2D eigenvalue weighted by Crippen LogP contribution is -2.50. The highest BCUT2D eigenvalue weighted by atomic mass is 16.5. The van der Waals surface area contributed by atoms with Crippen LogP contribution >= 0.6 is 0 Å². The molecule has 0 aromatic carbocycles. The number of amides is 3. The van der Waals surface area contributed by atoms with Gasteiger partial charge in [-0.3, -0.25) is 4.79 Å². The number of aryl methyl sites for hydroxylation is 1. The van der Waals surface area contributed by atoms with Crippen LogP contribution < -0.4 is 10.6 Å². The van der Waals surface area contributed by atoms with Crippen molar-refractivity contribution in [3.63, 3.8) is 0 Å². The first-order valence-electron chi connectivity index (χ1n) is 7.87. The topological polar surface area (TPSA) is 87.5 Å². The summed E-state index contributed by atoms with van der Waals surface area (Å²) in [5, 5.41) is 9.24. The maximum absolute atomic E-state index is 12.4. The molecule has 1 heterocycles. The average Bonchev–Trinajstić information content (AvgIpc) is 2.77. The monoisotopic (exact) mass is 324 g/mol. The quantitative estimate of drug-likeness (QED) is 0.842. The molecule has 0 bridgehead atoms. The zero-order valence-corrected chi connectivity index (χ0v) is 14.9. The SMILES string of the molecule is Cc1cc(NC(=O)CN(CCC(C)C)C(=O)NC(C)(C)C)no1. The Morgan fingerprint density at radius 1 is 1.35 bits per heavy atom. The van der Waals surface area contributed by atoms with E-state index in [0.29, 0.717) is 24.0 Å². The maximum atomic E-state index is 12.4. The van der Waals surface area contributed by atoms with Crippen LogP contribution in [0.15, 0.2) is 10.6 Å². The van der Waals surface area contributed by atoms with E-state index >= 15 is 0 Å². The Labute approximate surface area is 137 Å². The normalized spacial score (nSPS) is 11.4. The lowest BCUT2D eigenvalue weighted by Gasteiger charge is -2.28. The van der Waals surface area contributed by atoms with Gasteiger partial charge in [-0.15, -0.1) is 0 Å². The van der Waals surface area contributed by atoms with E-state index in [1.807, 2.05) is 20.8 Å². The lowest BCUT2D eigenvalue weighted by atomic mass is 10.1. The first-order valence-corrected chi connectivity index (χ1v) is 7.87. The molecule has 1 aromatic heterocycles. The van der Waals surface area contributed by atoms with E-state index < -0.39 is 0 Å². The summed E-state index contributed by atoms with van der Waals surface area (Å²) in [6, 6.07) is 1.38. The van der Waals surface area contributed by atoms with Crippen LogP contribution in [0.3, 0.4) is 0 Å². The number of anilines is 1. The van der Waals surface area contributed by atoms with Gasteiger partial charge in [0.05, 0.1) is 0 Å². The van der Waals surface area contributed by atoms with Crippen molar-refractivity contribution in [3.8, 4) is 0 Å². The van der Waals surface area contributed by atoms with E-state index in [1.165, 1.54) is 4.90 Å². The second kappa shape index (κ2) is 7.99. The fraction of sp³-hybridized carbons (Fsp3) is 0.688. The molecule has 0 aliphatic heterocycles. The van der Waals surface area contributed by atoms with E-state index in [0.717, 1.165) is 6.42 Å². The average molecular weight is 324 g/mol. The molecule has 0 fully saturated rings. The molecule has 1 aromatic rings. The number of hydrogen-bond acceptors (Lipinski definition) is 4. The van der Waals surface area contributed by atoms with Gasteiger partial charge >= 0.3 is 6.03 Å². The number of aromatic nitrogens is 1. The molecule has 0 atom stereocenters. The van der Waals surface area contributed by atoms with Crippen molar-refractivity contribution in [1.29, 1.82) is 0 Å². The molecule has 0 unspecified atom stereocenters. The van der Waals surface area contributed by atoms with Crippen molar-refractivity contribution in [2.24, 2.45) is 5.92 Å². The molecular weight excluding hydrogens is 296 g/mol. The van der Waals surface area contributed by atoms with Crippen molar-refractivity contribution in [1.82, 2.24) is 15.4 Å². The van der Waals surface area contributed by atoms with Crippen LogP contribution in [0.1, 0.15) is 46.8 Å². The molecule has 130 valence electrons. The molecule has 7 heteroatoms. The van der Waals surface area contributed by atoms with Crippen LogP contribution in [-0.2, 0) is 4.79 Å². The third kappa shape index (κ3) is 7.67. The van der Waals surface area contributed by atoms with Crippen molar-refractivity contribution in [2.75, 3.05) is 18.4 Å². The van der Waals surface area contributed by atoms with E-state index in [1.54, 1.807) is 13.0 Å². The van der Waals surface area contributed by atoms with Crippen LogP contribution in [0.5, 0.6) is 0 Å². The van der Waals surface area contributed by atoms with Crippen molar-refractivity contribution in [2.45, 2.75) is 53.5 Å². The third-order valence-electron chi connectivity index (χ3n) is 2.98. The van der Waals surface area contributed by atoms with E-state index in [-0.39, 0.29) is 24.0 Å². The predicted octanol–water partition coefficient (Wildman–Crippen LogP) is 2.78. The zero-order valence-electron chi connectivity index (χ0n) is 14.9. The van der Waals surface area contributed by atoms with Crippen LogP contribution in [-0.4, -0.2) is 40.6 Å². The van der Waals surface area contributed by atoms with Crippen molar-refractivity contribution < 1.29 is 14.1 Å². The Morgan fingerprint density at radius 2 is 2.00 bits per heavy atom. The number of rotatable bonds is 6. The summed E-state index contributed by atoms with van der Waals surface area (Å²) in [5.41, 5.74) is -0.354. The second-order valence-corrected chi connectivity index (χ2v) is 7.16. The van der Waals surface area contributed by atoms with E-state index in [2.05, 4.69) is 29.6 Å². The van der Waals surface area contributed by atoms with Crippen molar-refractivity contribution >= 4 is 17.8 Å². The van der Waals surface area contributed by atoms with Gasteiger partial charge in [-0.2, -0.15) is 0 Å². The lowest BCUT2D eigenvalue weighted by molar-refractivity contribution is -0.116. The molecule has 0 saturated carbocycles. The highest BCUT2D eigenvalue weighted by molar-refractivity contribution is 5.93. The number of carbonyl (C=O) groups is 2. The molecule has 2 N–H and O–H groups in total. The fourth-order valence-corrected chi connectivity index (χ4v) is 1.85. The van der Waals surface area contributed by atoms with Crippen LogP contribution in [0.4, 0.5) is 10.6 Å². The fourth-order valence-electron chi connectivity index (χ4n) is 1.85. The van der Waals surface area contributed by atoms with Crippen LogP contribution in [0.2, 0.25) is 0 Å². The Kier molecular flexibility index (Phi) is 6.60. The largest absolute Gasteiger partial charge is 0.360 e. The van der Waals surface area contributed by atoms with Gasteiger partial charge in [-0.1, -0.05) is 19.0 Å². The third-order valence-corrected chi connectivity index (χ3v) is 2.98. The molecule has 23 heavy (non-hydrogen) atoms. The van der Waals surface area contributed by atoms with Gasteiger partial charge in [-0.25, -0.2) is 4.79 Å². The van der Waals surface area contributed by atoms with Gasteiger partial charge < -0.3 is 20.1 Å². The Bertz CT molecular complexity index is 532. The predicted molar refractivity (Wildman–Crippen MR) is 89.2 cm³/mol. The first kappa shape index (κ1) is 19.0. The number of hydrogen-bond donors (Lipinski definition) is 2. The standard InChI is InChI=1S/C16H28N4O3/c1-11(2)7-8-20(15(22)18-16(4,5)6)10-14(21)17-13-9-12(3)23-19-13/h9,11H,7-8,10H2,1-6H3,(H,18,22)(H,17,19,21). The van der Waals surface area contributed by atoms with Gasteiger partial charge in [0.15, 0.2) is 5.82 Å². The van der Waals surface area contributed by atoms with Gasteiger partial charge in [0.25, 0.3) is 0 Å². The molecule has 1 rings (SSSR count). The molecule has 3 amide bonds. The van der Waals surface area contributed by atoms with Gasteiger partial charge in [0.1, 0.15) is 12.3 Å². The minimum absolute atomic E-state index is 0.0272. The highest BCUT2D eigenvalue weighted by Gasteiger charge is 2.22. The summed E-state index contributed by atoms with van der Waals surface area (Å²) in [6.45, 7) is 12.1. The van der Waals surface area contributed by atoms with Crippen LogP contribution in [0.25, 0.3) is 0 Å². The number of carbonyl (C=O) groups excluding carboxylic acids is 2. The van der Waals surface area contributed by atoms with Crippen molar-refractivity contribution in [3.05, 3.63) is 11.8 Å². The Morgan fingerprint density at radius 3 is 2.48 bits per heavy atom. The van der Waals surface area contributed by atoms with E-state index in [9.17, 15) is 9.59 Å².